The molecular weight excluding hydrogens is 243 g/mol. The SMILES string of the molecule is COc1cc(Cl)cc(Br)c1CO. The van der Waals surface area contributed by atoms with Crippen molar-refractivity contribution in [1.82, 2.24) is 0 Å². The number of hydrogen-bond acceptors (Lipinski definition) is 2. The summed E-state index contributed by atoms with van der Waals surface area (Å²) in [6.45, 7) is -0.0685. The van der Waals surface area contributed by atoms with Crippen LogP contribution >= 0.6 is 27.5 Å². The number of halogens is 2. The van der Waals surface area contributed by atoms with Gasteiger partial charge < -0.3 is 9.84 Å². The molecule has 66 valence electrons. The van der Waals surface area contributed by atoms with Gasteiger partial charge in [-0.1, -0.05) is 27.5 Å². The molecule has 0 aromatic heterocycles. The molecule has 0 aliphatic carbocycles. The molecule has 0 unspecified atom stereocenters. The predicted octanol–water partition coefficient (Wildman–Crippen LogP) is 2.60. The molecule has 2 nitrogen and oxygen atoms in total. The summed E-state index contributed by atoms with van der Waals surface area (Å²) in [6.07, 6.45) is 0. The van der Waals surface area contributed by atoms with E-state index in [1.807, 2.05) is 0 Å². The van der Waals surface area contributed by atoms with Gasteiger partial charge in [-0.2, -0.15) is 0 Å². The Morgan fingerprint density at radius 2 is 2.25 bits per heavy atom. The lowest BCUT2D eigenvalue weighted by atomic mass is 10.2. The fourth-order valence-corrected chi connectivity index (χ4v) is 1.82. The number of methoxy groups -OCH3 is 1. The van der Waals surface area contributed by atoms with Gasteiger partial charge in [-0.25, -0.2) is 0 Å². The second kappa shape index (κ2) is 4.12. The van der Waals surface area contributed by atoms with E-state index in [1.165, 1.54) is 7.11 Å². The summed E-state index contributed by atoms with van der Waals surface area (Å²) in [4.78, 5) is 0. The van der Waals surface area contributed by atoms with E-state index in [0.29, 0.717) is 16.3 Å². The summed E-state index contributed by atoms with van der Waals surface area (Å²) < 4.78 is 5.78. The molecule has 12 heavy (non-hydrogen) atoms. The lowest BCUT2D eigenvalue weighted by Gasteiger charge is -2.08. The molecule has 0 radical (unpaired) electrons. The highest BCUT2D eigenvalue weighted by Gasteiger charge is 2.07. The van der Waals surface area contributed by atoms with Gasteiger partial charge in [0.15, 0.2) is 0 Å². The molecule has 1 aromatic carbocycles. The van der Waals surface area contributed by atoms with E-state index in [9.17, 15) is 0 Å². The maximum absolute atomic E-state index is 8.97. The van der Waals surface area contributed by atoms with Crippen LogP contribution in [0, 0.1) is 0 Å². The van der Waals surface area contributed by atoms with Crippen LogP contribution in [0.4, 0.5) is 0 Å². The van der Waals surface area contributed by atoms with E-state index < -0.39 is 0 Å². The number of ether oxygens (including phenoxy) is 1. The minimum Gasteiger partial charge on any atom is -0.496 e. The van der Waals surface area contributed by atoms with Crippen molar-refractivity contribution >= 4 is 27.5 Å². The lowest BCUT2D eigenvalue weighted by molar-refractivity contribution is 0.273. The van der Waals surface area contributed by atoms with Crippen LogP contribution in [0.15, 0.2) is 16.6 Å². The molecule has 0 bridgehead atoms. The van der Waals surface area contributed by atoms with Crippen LogP contribution in [0.25, 0.3) is 0 Å². The Balaban J connectivity index is 3.24. The zero-order valence-electron chi connectivity index (χ0n) is 6.47. The highest BCUT2D eigenvalue weighted by atomic mass is 79.9. The van der Waals surface area contributed by atoms with Gasteiger partial charge in [-0.3, -0.25) is 0 Å². The van der Waals surface area contributed by atoms with Crippen molar-refractivity contribution < 1.29 is 9.84 Å². The average Bonchev–Trinajstić information content (AvgIpc) is 2.03. The molecule has 0 aliphatic heterocycles. The molecule has 1 rings (SSSR count). The van der Waals surface area contributed by atoms with E-state index in [2.05, 4.69) is 15.9 Å². The average molecular weight is 252 g/mol. The molecule has 0 saturated carbocycles. The Bertz CT molecular complexity index is 289. The first-order chi connectivity index (χ1) is 5.69. The van der Waals surface area contributed by atoms with Gasteiger partial charge in [0.25, 0.3) is 0 Å². The van der Waals surface area contributed by atoms with Crippen LogP contribution in [0.2, 0.25) is 5.02 Å². The van der Waals surface area contributed by atoms with Crippen molar-refractivity contribution in [3.05, 3.63) is 27.2 Å². The van der Waals surface area contributed by atoms with Crippen LogP contribution < -0.4 is 4.74 Å². The van der Waals surface area contributed by atoms with Gasteiger partial charge >= 0.3 is 0 Å². The monoisotopic (exact) mass is 250 g/mol. The molecule has 1 N–H and O–H groups in total. The summed E-state index contributed by atoms with van der Waals surface area (Å²) in [6, 6.07) is 3.38. The summed E-state index contributed by atoms with van der Waals surface area (Å²) in [5, 5.41) is 9.55. The van der Waals surface area contributed by atoms with Crippen molar-refractivity contribution in [2.24, 2.45) is 0 Å². The minimum atomic E-state index is -0.0685. The third-order valence-corrected chi connectivity index (χ3v) is 2.42. The number of rotatable bonds is 2. The topological polar surface area (TPSA) is 29.5 Å². The van der Waals surface area contributed by atoms with Crippen LogP contribution in [-0.2, 0) is 6.61 Å². The van der Waals surface area contributed by atoms with E-state index in [-0.39, 0.29) is 6.61 Å². The number of hydrogen-bond donors (Lipinski definition) is 1. The second-order valence-corrected chi connectivity index (χ2v) is 3.52. The minimum absolute atomic E-state index is 0.0685. The molecule has 0 spiro atoms. The molecule has 4 heteroatoms. The van der Waals surface area contributed by atoms with E-state index in [1.54, 1.807) is 12.1 Å². The normalized spacial score (nSPS) is 10.0. The fraction of sp³-hybridized carbons (Fsp3) is 0.250. The van der Waals surface area contributed by atoms with E-state index in [4.69, 9.17) is 21.4 Å². The quantitative estimate of drug-likeness (QED) is 0.875. The molecule has 0 aliphatic rings. The van der Waals surface area contributed by atoms with Crippen LogP contribution in [0.1, 0.15) is 5.56 Å². The summed E-state index contributed by atoms with van der Waals surface area (Å²) in [5.41, 5.74) is 0.710. The zero-order valence-corrected chi connectivity index (χ0v) is 8.82. The summed E-state index contributed by atoms with van der Waals surface area (Å²) in [7, 11) is 1.54. The molecule has 0 saturated heterocycles. The molecule has 0 heterocycles. The van der Waals surface area contributed by atoms with Crippen LogP contribution in [0.3, 0.4) is 0 Å². The third-order valence-electron chi connectivity index (χ3n) is 1.50. The highest BCUT2D eigenvalue weighted by Crippen LogP contribution is 2.30. The number of aliphatic hydroxyl groups excluding tert-OH is 1. The standard InChI is InChI=1S/C8H8BrClO2/c1-12-8-3-5(10)2-7(9)6(8)4-11/h2-3,11H,4H2,1H3. The van der Waals surface area contributed by atoms with Crippen LogP contribution in [-0.4, -0.2) is 12.2 Å². The van der Waals surface area contributed by atoms with Gasteiger partial charge in [0, 0.05) is 15.1 Å². The maximum Gasteiger partial charge on any atom is 0.126 e. The van der Waals surface area contributed by atoms with Crippen molar-refractivity contribution in [2.75, 3.05) is 7.11 Å². The van der Waals surface area contributed by atoms with Crippen molar-refractivity contribution in [3.8, 4) is 5.75 Å². The van der Waals surface area contributed by atoms with Gasteiger partial charge in [-0.15, -0.1) is 0 Å². The van der Waals surface area contributed by atoms with E-state index >= 15 is 0 Å². The fourth-order valence-electron chi connectivity index (χ4n) is 0.915. The smallest absolute Gasteiger partial charge is 0.126 e. The van der Waals surface area contributed by atoms with E-state index in [0.717, 1.165) is 4.47 Å². The second-order valence-electron chi connectivity index (χ2n) is 2.23. The third kappa shape index (κ3) is 1.91. The summed E-state index contributed by atoms with van der Waals surface area (Å²) >= 11 is 9.04. The Kier molecular flexibility index (Phi) is 3.38. The molecule has 0 atom stereocenters. The van der Waals surface area contributed by atoms with Crippen molar-refractivity contribution in [3.63, 3.8) is 0 Å². The number of benzene rings is 1. The largest absolute Gasteiger partial charge is 0.496 e. The molecule has 0 fully saturated rings. The predicted molar refractivity (Wildman–Crippen MR) is 51.6 cm³/mol. The Labute approximate surface area is 84.2 Å². The summed E-state index contributed by atoms with van der Waals surface area (Å²) in [5.74, 6) is 0.594. The Morgan fingerprint density at radius 3 is 2.75 bits per heavy atom. The van der Waals surface area contributed by atoms with Crippen molar-refractivity contribution in [2.45, 2.75) is 6.61 Å². The van der Waals surface area contributed by atoms with Crippen molar-refractivity contribution in [1.29, 1.82) is 0 Å². The Morgan fingerprint density at radius 1 is 1.58 bits per heavy atom. The first-order valence-electron chi connectivity index (χ1n) is 3.31. The maximum atomic E-state index is 8.97. The molecule has 1 aromatic rings. The first-order valence-corrected chi connectivity index (χ1v) is 4.49. The van der Waals surface area contributed by atoms with Gasteiger partial charge in [0.1, 0.15) is 5.75 Å². The van der Waals surface area contributed by atoms with Gasteiger partial charge in [0.05, 0.1) is 13.7 Å². The van der Waals surface area contributed by atoms with Gasteiger partial charge in [-0.05, 0) is 12.1 Å². The highest BCUT2D eigenvalue weighted by molar-refractivity contribution is 9.10. The lowest BCUT2D eigenvalue weighted by Crippen LogP contribution is -1.92. The molecular formula is C8H8BrClO2. The first kappa shape index (κ1) is 9.84. The Hall–Kier alpha value is -0.250. The van der Waals surface area contributed by atoms with Crippen LogP contribution in [0.5, 0.6) is 5.75 Å². The molecule has 0 amide bonds. The zero-order chi connectivity index (χ0) is 9.14. The van der Waals surface area contributed by atoms with Gasteiger partial charge in [0.2, 0.25) is 0 Å². The number of aliphatic hydroxyl groups is 1.